The zero-order valence-corrected chi connectivity index (χ0v) is 18.0. The number of para-hydroxylation sites is 1. The number of urea groups is 1. The Morgan fingerprint density at radius 3 is 2.53 bits per heavy atom. The molecule has 0 radical (unpaired) electrons. The van der Waals surface area contributed by atoms with Crippen molar-refractivity contribution in [3.63, 3.8) is 0 Å². The van der Waals surface area contributed by atoms with Gasteiger partial charge < -0.3 is 25.2 Å². The summed E-state index contributed by atoms with van der Waals surface area (Å²) >= 11 is 6.07. The Bertz CT molecular complexity index is 884. The molecule has 8 heteroatoms. The number of carbonyl (C=O) groups excluding carboxylic acids is 2. The SMILES string of the molecule is COc1ccccc1CNC(=O)[C@@H](C)NC(=O)N1CCN(c2cccc(Cl)c2)CC1. The molecule has 0 unspecified atom stereocenters. The van der Waals surface area contributed by atoms with Crippen LogP contribution in [0.2, 0.25) is 5.02 Å². The van der Waals surface area contributed by atoms with Crippen molar-refractivity contribution < 1.29 is 14.3 Å². The third-order valence-electron chi connectivity index (χ3n) is 5.12. The summed E-state index contributed by atoms with van der Waals surface area (Å²) in [4.78, 5) is 28.9. The predicted molar refractivity (Wildman–Crippen MR) is 118 cm³/mol. The highest BCUT2D eigenvalue weighted by Gasteiger charge is 2.24. The lowest BCUT2D eigenvalue weighted by Crippen LogP contribution is -2.55. The summed E-state index contributed by atoms with van der Waals surface area (Å²) in [5.41, 5.74) is 1.93. The number of nitrogens with zero attached hydrogens (tertiary/aromatic N) is 2. The molecule has 2 aromatic carbocycles. The van der Waals surface area contributed by atoms with Crippen LogP contribution in [0.4, 0.5) is 10.5 Å². The van der Waals surface area contributed by atoms with Crippen LogP contribution in [0.25, 0.3) is 0 Å². The summed E-state index contributed by atoms with van der Waals surface area (Å²) < 4.78 is 5.29. The normalized spacial score (nSPS) is 14.8. The number of carbonyl (C=O) groups is 2. The number of benzene rings is 2. The van der Waals surface area contributed by atoms with Crippen molar-refractivity contribution in [3.05, 3.63) is 59.1 Å². The number of halogens is 1. The van der Waals surface area contributed by atoms with E-state index in [9.17, 15) is 9.59 Å². The van der Waals surface area contributed by atoms with Gasteiger partial charge in [-0.05, 0) is 31.2 Å². The predicted octanol–water partition coefficient (Wildman–Crippen LogP) is 2.89. The van der Waals surface area contributed by atoms with E-state index in [-0.39, 0.29) is 11.9 Å². The molecule has 0 bridgehead atoms. The maximum absolute atomic E-state index is 12.6. The first kappa shape index (κ1) is 21.8. The number of methoxy groups -OCH3 is 1. The molecule has 1 aliphatic rings. The van der Waals surface area contributed by atoms with Gasteiger partial charge in [-0.1, -0.05) is 35.9 Å². The number of hydrogen-bond acceptors (Lipinski definition) is 4. The van der Waals surface area contributed by atoms with Gasteiger partial charge in [0.25, 0.3) is 0 Å². The number of anilines is 1. The lowest BCUT2D eigenvalue weighted by Gasteiger charge is -2.36. The highest BCUT2D eigenvalue weighted by atomic mass is 35.5. The van der Waals surface area contributed by atoms with E-state index in [4.69, 9.17) is 16.3 Å². The van der Waals surface area contributed by atoms with Crippen LogP contribution in [-0.2, 0) is 11.3 Å². The fourth-order valence-corrected chi connectivity index (χ4v) is 3.55. The van der Waals surface area contributed by atoms with E-state index in [1.165, 1.54) is 0 Å². The van der Waals surface area contributed by atoms with Crippen LogP contribution in [-0.4, -0.2) is 56.2 Å². The van der Waals surface area contributed by atoms with Crippen molar-refractivity contribution >= 4 is 29.2 Å². The zero-order chi connectivity index (χ0) is 21.5. The Morgan fingerprint density at radius 2 is 1.83 bits per heavy atom. The van der Waals surface area contributed by atoms with Crippen LogP contribution in [0.15, 0.2) is 48.5 Å². The lowest BCUT2D eigenvalue weighted by molar-refractivity contribution is -0.122. The minimum atomic E-state index is -0.641. The van der Waals surface area contributed by atoms with Crippen molar-refractivity contribution in [3.8, 4) is 5.75 Å². The third-order valence-corrected chi connectivity index (χ3v) is 5.35. The molecule has 1 atom stereocenters. The van der Waals surface area contributed by atoms with Gasteiger partial charge in [-0.2, -0.15) is 0 Å². The van der Waals surface area contributed by atoms with Gasteiger partial charge in [-0.25, -0.2) is 4.79 Å². The summed E-state index contributed by atoms with van der Waals surface area (Å²) in [6.45, 7) is 4.59. The summed E-state index contributed by atoms with van der Waals surface area (Å²) in [5, 5.41) is 6.32. The molecule has 0 spiro atoms. The molecule has 1 aliphatic heterocycles. The van der Waals surface area contributed by atoms with Gasteiger partial charge in [0.15, 0.2) is 0 Å². The van der Waals surface area contributed by atoms with E-state index in [0.29, 0.717) is 43.5 Å². The van der Waals surface area contributed by atoms with E-state index < -0.39 is 6.04 Å². The van der Waals surface area contributed by atoms with Gasteiger partial charge in [-0.15, -0.1) is 0 Å². The molecule has 0 saturated carbocycles. The molecule has 3 rings (SSSR count). The van der Waals surface area contributed by atoms with Crippen molar-refractivity contribution in [1.82, 2.24) is 15.5 Å². The number of piperazine rings is 1. The van der Waals surface area contributed by atoms with Crippen LogP contribution in [0.1, 0.15) is 12.5 Å². The van der Waals surface area contributed by atoms with Gasteiger partial charge in [0, 0.05) is 49.0 Å². The number of hydrogen-bond donors (Lipinski definition) is 2. The fourth-order valence-electron chi connectivity index (χ4n) is 3.37. The van der Waals surface area contributed by atoms with Crippen LogP contribution >= 0.6 is 11.6 Å². The highest BCUT2D eigenvalue weighted by molar-refractivity contribution is 6.30. The first-order valence-corrected chi connectivity index (χ1v) is 10.3. The molecule has 2 aromatic rings. The van der Waals surface area contributed by atoms with E-state index in [2.05, 4.69) is 15.5 Å². The van der Waals surface area contributed by atoms with E-state index in [0.717, 1.165) is 11.3 Å². The maximum atomic E-state index is 12.6. The number of rotatable bonds is 6. The first-order valence-electron chi connectivity index (χ1n) is 9.93. The topological polar surface area (TPSA) is 73.9 Å². The molecular weight excluding hydrogens is 404 g/mol. The Kier molecular flexibility index (Phi) is 7.41. The van der Waals surface area contributed by atoms with Crippen LogP contribution < -0.4 is 20.3 Å². The molecule has 7 nitrogen and oxygen atoms in total. The smallest absolute Gasteiger partial charge is 0.318 e. The number of nitrogens with one attached hydrogen (secondary N) is 2. The second-order valence-electron chi connectivity index (χ2n) is 7.15. The summed E-state index contributed by atoms with van der Waals surface area (Å²) in [6.07, 6.45) is 0. The van der Waals surface area contributed by atoms with E-state index in [1.54, 1.807) is 18.9 Å². The minimum absolute atomic E-state index is 0.235. The minimum Gasteiger partial charge on any atom is -0.496 e. The lowest BCUT2D eigenvalue weighted by atomic mass is 10.2. The summed E-state index contributed by atoms with van der Waals surface area (Å²) in [5.74, 6) is 0.471. The Balaban J connectivity index is 1.45. The van der Waals surface area contributed by atoms with E-state index in [1.807, 2.05) is 48.5 Å². The van der Waals surface area contributed by atoms with Crippen LogP contribution in [0.5, 0.6) is 5.75 Å². The van der Waals surface area contributed by atoms with Gasteiger partial charge in [0.2, 0.25) is 5.91 Å². The molecule has 0 aromatic heterocycles. The fraction of sp³-hybridized carbons (Fsp3) is 0.364. The summed E-state index contributed by atoms with van der Waals surface area (Å²) in [6, 6.07) is 14.3. The highest BCUT2D eigenvalue weighted by Crippen LogP contribution is 2.21. The molecule has 3 amide bonds. The van der Waals surface area contributed by atoms with Gasteiger partial charge in [0.1, 0.15) is 11.8 Å². The molecular formula is C22H27ClN4O3. The second-order valence-corrected chi connectivity index (χ2v) is 7.59. The Morgan fingerprint density at radius 1 is 1.10 bits per heavy atom. The standard InChI is InChI=1S/C22H27ClN4O3/c1-16(21(28)24-15-17-6-3-4-9-20(17)30-2)25-22(29)27-12-10-26(11-13-27)19-8-5-7-18(23)14-19/h3-9,14,16H,10-13,15H2,1-2H3,(H,24,28)(H,25,29)/t16-/m1/s1. The largest absolute Gasteiger partial charge is 0.496 e. The molecule has 2 N–H and O–H groups in total. The van der Waals surface area contributed by atoms with Crippen molar-refractivity contribution in [1.29, 1.82) is 0 Å². The van der Waals surface area contributed by atoms with Crippen LogP contribution in [0, 0.1) is 0 Å². The Hall–Kier alpha value is -2.93. The quantitative estimate of drug-likeness (QED) is 0.739. The maximum Gasteiger partial charge on any atom is 0.318 e. The van der Waals surface area contributed by atoms with E-state index >= 15 is 0 Å². The van der Waals surface area contributed by atoms with Crippen molar-refractivity contribution in [2.24, 2.45) is 0 Å². The molecule has 1 saturated heterocycles. The first-order chi connectivity index (χ1) is 14.5. The molecule has 160 valence electrons. The monoisotopic (exact) mass is 430 g/mol. The molecule has 30 heavy (non-hydrogen) atoms. The van der Waals surface area contributed by atoms with Gasteiger partial charge in [0.05, 0.1) is 7.11 Å². The average Bonchev–Trinajstić information content (AvgIpc) is 2.77. The van der Waals surface area contributed by atoms with Gasteiger partial charge in [-0.3, -0.25) is 4.79 Å². The van der Waals surface area contributed by atoms with Gasteiger partial charge >= 0.3 is 6.03 Å². The zero-order valence-electron chi connectivity index (χ0n) is 17.2. The number of ether oxygens (including phenoxy) is 1. The summed E-state index contributed by atoms with van der Waals surface area (Å²) in [7, 11) is 1.59. The average molecular weight is 431 g/mol. The third kappa shape index (κ3) is 5.57. The number of amides is 3. The van der Waals surface area contributed by atoms with Crippen molar-refractivity contribution in [2.45, 2.75) is 19.5 Å². The molecule has 1 fully saturated rings. The van der Waals surface area contributed by atoms with Crippen LogP contribution in [0.3, 0.4) is 0 Å². The second kappa shape index (κ2) is 10.2. The molecule has 0 aliphatic carbocycles. The molecule has 1 heterocycles. The Labute approximate surface area is 181 Å². The van der Waals surface area contributed by atoms with Crippen molar-refractivity contribution in [2.75, 3.05) is 38.2 Å².